The molecule has 1 atom stereocenters. The summed E-state index contributed by atoms with van der Waals surface area (Å²) in [6.07, 6.45) is -0.595. The Morgan fingerprint density at radius 1 is 1.35 bits per heavy atom. The van der Waals surface area contributed by atoms with Crippen LogP contribution in [-0.2, 0) is 0 Å². The molecule has 1 rings (SSSR count). The third-order valence-corrected chi connectivity index (χ3v) is 2.62. The zero-order chi connectivity index (χ0) is 12.8. The fourth-order valence-electron chi connectivity index (χ4n) is 1.44. The molecule has 0 saturated heterocycles. The summed E-state index contributed by atoms with van der Waals surface area (Å²) in [5, 5.41) is 27.2. The normalized spacial score (nSPS) is 11.4. The number of nitrogens with zero attached hydrogens (tertiary/aromatic N) is 3. The van der Waals surface area contributed by atoms with Crippen LogP contribution < -0.4 is 4.90 Å². The Balaban J connectivity index is 3.05. The summed E-state index contributed by atoms with van der Waals surface area (Å²) in [7, 11) is 0. The predicted molar refractivity (Wildman–Crippen MR) is 65.5 cm³/mol. The molecular weight excluding hydrogens is 238 g/mol. The highest BCUT2D eigenvalue weighted by Crippen LogP contribution is 2.28. The molecule has 1 aromatic carbocycles. The summed E-state index contributed by atoms with van der Waals surface area (Å²) in [4.78, 5) is 1.58. The lowest BCUT2D eigenvalue weighted by atomic mass is 10.1. The minimum Gasteiger partial charge on any atom is -0.389 e. The second-order valence-corrected chi connectivity index (χ2v) is 3.97. The number of halogens is 1. The van der Waals surface area contributed by atoms with E-state index in [1.54, 1.807) is 30.0 Å². The van der Waals surface area contributed by atoms with Gasteiger partial charge in [-0.25, -0.2) is 0 Å². The average Bonchev–Trinajstić information content (AvgIpc) is 2.28. The third-order valence-electron chi connectivity index (χ3n) is 2.32. The van der Waals surface area contributed by atoms with Gasteiger partial charge in [-0.3, -0.25) is 0 Å². The maximum absolute atomic E-state index is 9.41. The van der Waals surface area contributed by atoms with Crippen molar-refractivity contribution in [1.82, 2.24) is 0 Å². The molecule has 0 unspecified atom stereocenters. The maximum Gasteiger partial charge on any atom is 0.107 e. The molecule has 0 fully saturated rings. The maximum atomic E-state index is 9.41. The van der Waals surface area contributed by atoms with Crippen LogP contribution in [0.2, 0.25) is 5.02 Å². The molecule has 0 radical (unpaired) electrons. The van der Waals surface area contributed by atoms with Crippen molar-refractivity contribution in [2.45, 2.75) is 13.0 Å². The van der Waals surface area contributed by atoms with Crippen LogP contribution in [0, 0.1) is 22.7 Å². The van der Waals surface area contributed by atoms with Crippen LogP contribution >= 0.6 is 11.6 Å². The van der Waals surface area contributed by atoms with Gasteiger partial charge in [0, 0.05) is 0 Å². The summed E-state index contributed by atoms with van der Waals surface area (Å²) < 4.78 is 0. The van der Waals surface area contributed by atoms with Gasteiger partial charge in [-0.05, 0) is 24.6 Å². The molecule has 0 aromatic heterocycles. The molecule has 0 aliphatic rings. The van der Waals surface area contributed by atoms with Crippen LogP contribution in [0.25, 0.3) is 0 Å². The number of hydrogen-bond acceptors (Lipinski definition) is 4. The van der Waals surface area contributed by atoms with Crippen LogP contribution in [-0.4, -0.2) is 18.2 Å². The largest absolute Gasteiger partial charge is 0.389 e. The Kier molecular flexibility index (Phi) is 4.78. The van der Waals surface area contributed by atoms with Gasteiger partial charge in [0.1, 0.15) is 13.1 Å². The van der Waals surface area contributed by atoms with Crippen molar-refractivity contribution in [2.75, 3.05) is 18.0 Å². The Bertz CT molecular complexity index is 458. The van der Waals surface area contributed by atoms with E-state index in [9.17, 15) is 5.11 Å². The molecule has 0 saturated carbocycles. The monoisotopic (exact) mass is 249 g/mol. The summed E-state index contributed by atoms with van der Waals surface area (Å²) in [6.45, 7) is 1.84. The van der Waals surface area contributed by atoms with Gasteiger partial charge in [-0.2, -0.15) is 10.5 Å². The van der Waals surface area contributed by atoms with E-state index < -0.39 is 6.10 Å². The molecular formula is C12H12ClN3O. The SMILES string of the molecule is C[C@@H](O)c1ccc(N(CC#N)CC#N)c(Cl)c1. The summed E-state index contributed by atoms with van der Waals surface area (Å²) in [5.74, 6) is 0. The summed E-state index contributed by atoms with van der Waals surface area (Å²) in [5.41, 5.74) is 1.33. The van der Waals surface area contributed by atoms with Gasteiger partial charge in [-0.1, -0.05) is 17.7 Å². The molecule has 0 spiro atoms. The molecule has 1 N–H and O–H groups in total. The van der Waals surface area contributed by atoms with E-state index in [4.69, 9.17) is 22.1 Å². The van der Waals surface area contributed by atoms with Crippen molar-refractivity contribution >= 4 is 17.3 Å². The van der Waals surface area contributed by atoms with Crippen molar-refractivity contribution in [1.29, 1.82) is 10.5 Å². The minimum absolute atomic E-state index is 0.0985. The van der Waals surface area contributed by atoms with Crippen LogP contribution in [0.4, 0.5) is 5.69 Å². The minimum atomic E-state index is -0.595. The lowest BCUT2D eigenvalue weighted by molar-refractivity contribution is 0.199. The van der Waals surface area contributed by atoms with Crippen LogP contribution in [0.3, 0.4) is 0 Å². The summed E-state index contributed by atoms with van der Waals surface area (Å²) in [6, 6.07) is 9.04. The van der Waals surface area contributed by atoms with Crippen LogP contribution in [0.5, 0.6) is 0 Å². The first-order valence-corrected chi connectivity index (χ1v) is 5.44. The Labute approximate surface area is 105 Å². The molecule has 4 nitrogen and oxygen atoms in total. The lowest BCUT2D eigenvalue weighted by Crippen LogP contribution is -2.24. The molecule has 0 aliphatic carbocycles. The predicted octanol–water partition coefficient (Wildman–Crippen LogP) is 2.25. The van der Waals surface area contributed by atoms with Crippen molar-refractivity contribution in [3.05, 3.63) is 28.8 Å². The Morgan fingerprint density at radius 2 is 1.94 bits per heavy atom. The highest BCUT2D eigenvalue weighted by molar-refractivity contribution is 6.33. The number of anilines is 1. The van der Waals surface area contributed by atoms with Gasteiger partial charge in [0.2, 0.25) is 0 Å². The van der Waals surface area contributed by atoms with Crippen molar-refractivity contribution in [3.8, 4) is 12.1 Å². The molecule has 0 bridgehead atoms. The van der Waals surface area contributed by atoms with Gasteiger partial charge in [0.15, 0.2) is 0 Å². The van der Waals surface area contributed by atoms with Gasteiger partial charge >= 0.3 is 0 Å². The van der Waals surface area contributed by atoms with E-state index >= 15 is 0 Å². The first-order chi connectivity index (χ1) is 8.10. The average molecular weight is 250 g/mol. The number of aliphatic hydroxyl groups excluding tert-OH is 1. The first kappa shape index (κ1) is 13.3. The van der Waals surface area contributed by atoms with E-state index in [2.05, 4.69) is 0 Å². The van der Waals surface area contributed by atoms with Crippen molar-refractivity contribution < 1.29 is 5.11 Å². The quantitative estimate of drug-likeness (QED) is 0.831. The standard InChI is InChI=1S/C12H12ClN3O/c1-9(17)10-2-3-12(11(13)8-10)16(6-4-14)7-5-15/h2-3,8-9,17H,6-7H2,1H3/t9-/m1/s1. The zero-order valence-electron chi connectivity index (χ0n) is 9.39. The smallest absolute Gasteiger partial charge is 0.107 e. The van der Waals surface area contributed by atoms with E-state index in [-0.39, 0.29) is 13.1 Å². The molecule has 5 heteroatoms. The second kappa shape index (κ2) is 6.10. The number of rotatable bonds is 4. The number of nitriles is 2. The van der Waals surface area contributed by atoms with E-state index in [0.29, 0.717) is 16.3 Å². The van der Waals surface area contributed by atoms with E-state index in [0.717, 1.165) is 0 Å². The number of aliphatic hydroxyl groups is 1. The highest BCUT2D eigenvalue weighted by atomic mass is 35.5. The molecule has 1 aromatic rings. The van der Waals surface area contributed by atoms with Crippen LogP contribution in [0.1, 0.15) is 18.6 Å². The van der Waals surface area contributed by atoms with Gasteiger partial charge < -0.3 is 10.0 Å². The summed E-state index contributed by atoms with van der Waals surface area (Å²) >= 11 is 6.07. The number of benzene rings is 1. The Hall–Kier alpha value is -1.75. The van der Waals surface area contributed by atoms with E-state index in [1.807, 2.05) is 12.1 Å². The number of hydrogen-bond donors (Lipinski definition) is 1. The van der Waals surface area contributed by atoms with Gasteiger partial charge in [-0.15, -0.1) is 0 Å². The fourth-order valence-corrected chi connectivity index (χ4v) is 1.74. The molecule has 88 valence electrons. The van der Waals surface area contributed by atoms with Gasteiger partial charge in [0.25, 0.3) is 0 Å². The van der Waals surface area contributed by atoms with Crippen molar-refractivity contribution in [2.24, 2.45) is 0 Å². The molecule has 0 amide bonds. The second-order valence-electron chi connectivity index (χ2n) is 3.56. The van der Waals surface area contributed by atoms with Gasteiger partial charge in [0.05, 0.1) is 29.0 Å². The third kappa shape index (κ3) is 3.35. The topological polar surface area (TPSA) is 71.0 Å². The Morgan fingerprint density at radius 3 is 2.35 bits per heavy atom. The van der Waals surface area contributed by atoms with E-state index in [1.165, 1.54) is 0 Å². The molecule has 17 heavy (non-hydrogen) atoms. The zero-order valence-corrected chi connectivity index (χ0v) is 10.1. The first-order valence-electron chi connectivity index (χ1n) is 5.06. The molecule has 0 aliphatic heterocycles. The van der Waals surface area contributed by atoms with Crippen LogP contribution in [0.15, 0.2) is 18.2 Å². The van der Waals surface area contributed by atoms with Crippen molar-refractivity contribution in [3.63, 3.8) is 0 Å². The lowest BCUT2D eigenvalue weighted by Gasteiger charge is -2.20. The fraction of sp³-hybridized carbons (Fsp3) is 0.333. The highest BCUT2D eigenvalue weighted by Gasteiger charge is 2.11. The molecule has 0 heterocycles.